The molecule has 0 rings (SSSR count). The quantitative estimate of drug-likeness (QED) is 0.430. The Morgan fingerprint density at radius 1 is 1.57 bits per heavy atom. The average Bonchev–Trinajstić information content (AvgIpc) is 1.68. The zero-order chi connectivity index (χ0) is 5.70. The molecule has 0 unspecified atom stereocenters. The third-order valence-electron chi connectivity index (χ3n) is 0.777. The first-order chi connectivity index (χ1) is 3.31. The topological polar surface area (TPSA) is 0 Å². The summed E-state index contributed by atoms with van der Waals surface area (Å²) in [6.07, 6.45) is 4.12. The molecule has 0 amide bonds. The van der Waals surface area contributed by atoms with Crippen LogP contribution < -0.4 is 0 Å². The fourth-order valence-electron chi connectivity index (χ4n) is 0.189. The van der Waals surface area contributed by atoms with Crippen LogP contribution in [-0.2, 0) is 18.3 Å². The zero-order valence-corrected chi connectivity index (χ0v) is 6.32. The van der Waals surface area contributed by atoms with Gasteiger partial charge in [0.05, 0.1) is 0 Å². The molecule has 0 fully saturated rings. The molecular formula is C6H9Ru. The van der Waals surface area contributed by atoms with Gasteiger partial charge in [-0.05, 0) is 0 Å². The van der Waals surface area contributed by atoms with Crippen LogP contribution in [0.15, 0.2) is 22.4 Å². The molecular weight excluding hydrogens is 173 g/mol. The normalized spacial score (nSPS) is 13.3. The molecule has 0 N–H and O–H groups in total. The van der Waals surface area contributed by atoms with Gasteiger partial charge in [0, 0.05) is 0 Å². The van der Waals surface area contributed by atoms with Crippen LogP contribution in [0.25, 0.3) is 0 Å². The third-order valence-corrected chi connectivity index (χ3v) is 1.07. The van der Waals surface area contributed by atoms with E-state index in [9.17, 15) is 0 Å². The standard InChI is InChI=1S/C6H9.Ru/c1-4-6(3)5-2;/h1,4-5H,2-3H3;. The Balaban J connectivity index is 3.58. The van der Waals surface area contributed by atoms with Gasteiger partial charge in [0.2, 0.25) is 0 Å². The molecule has 0 aliphatic heterocycles. The summed E-state index contributed by atoms with van der Waals surface area (Å²) in [7, 11) is 0. The molecule has 1 heteroatoms. The van der Waals surface area contributed by atoms with Crippen LogP contribution in [0.1, 0.15) is 13.8 Å². The molecule has 0 saturated carbocycles. The van der Waals surface area contributed by atoms with E-state index >= 15 is 0 Å². The van der Waals surface area contributed by atoms with Crippen molar-refractivity contribution in [3.63, 3.8) is 0 Å². The molecule has 0 saturated heterocycles. The minimum atomic E-state index is 1.30. The number of allylic oxidation sites excluding steroid dienone is 3. The van der Waals surface area contributed by atoms with E-state index in [4.69, 9.17) is 0 Å². The van der Waals surface area contributed by atoms with Crippen molar-refractivity contribution in [2.45, 2.75) is 13.8 Å². The summed E-state index contributed by atoms with van der Waals surface area (Å²) in [6, 6.07) is 0. The maximum absolute atomic E-state index is 2.45. The van der Waals surface area contributed by atoms with Gasteiger partial charge >= 0.3 is 54.5 Å². The maximum atomic E-state index is 2.45. The molecule has 0 aromatic rings. The van der Waals surface area contributed by atoms with Crippen LogP contribution in [0.4, 0.5) is 0 Å². The van der Waals surface area contributed by atoms with Gasteiger partial charge in [-0.1, -0.05) is 0 Å². The van der Waals surface area contributed by atoms with Gasteiger partial charge in [0.15, 0.2) is 0 Å². The van der Waals surface area contributed by atoms with Gasteiger partial charge < -0.3 is 0 Å². The van der Waals surface area contributed by atoms with Crippen molar-refractivity contribution in [1.82, 2.24) is 0 Å². The molecule has 0 atom stereocenters. The van der Waals surface area contributed by atoms with Crippen molar-refractivity contribution in [2.75, 3.05) is 0 Å². The Labute approximate surface area is 55.0 Å². The van der Waals surface area contributed by atoms with Gasteiger partial charge in [0.25, 0.3) is 0 Å². The Morgan fingerprint density at radius 3 is 2.29 bits per heavy atom. The van der Waals surface area contributed by atoms with Crippen LogP contribution in [0, 0.1) is 0 Å². The molecule has 0 aliphatic rings. The third kappa shape index (κ3) is 3.95. The van der Waals surface area contributed by atoms with Crippen LogP contribution in [0.2, 0.25) is 0 Å². The molecule has 0 bridgehead atoms. The van der Waals surface area contributed by atoms with E-state index in [1.807, 2.05) is 11.6 Å². The fourth-order valence-corrected chi connectivity index (χ4v) is 0.646. The molecule has 0 aliphatic carbocycles. The number of hydrogen-bond acceptors (Lipinski definition) is 0. The molecule has 0 aromatic heterocycles. The predicted octanol–water partition coefficient (Wildman–Crippen LogP) is 2.01. The average molecular weight is 182 g/mol. The van der Waals surface area contributed by atoms with Crippen molar-refractivity contribution in [2.24, 2.45) is 0 Å². The van der Waals surface area contributed by atoms with Crippen LogP contribution in [0.3, 0.4) is 0 Å². The van der Waals surface area contributed by atoms with Crippen LogP contribution in [-0.4, -0.2) is 0 Å². The van der Waals surface area contributed by atoms with Crippen LogP contribution in [0.5, 0.6) is 0 Å². The second-order valence-corrected chi connectivity index (χ2v) is 1.90. The summed E-state index contributed by atoms with van der Waals surface area (Å²) in [6.45, 7) is 4.10. The van der Waals surface area contributed by atoms with Gasteiger partial charge in [-0.15, -0.1) is 0 Å². The van der Waals surface area contributed by atoms with Crippen molar-refractivity contribution in [1.29, 1.82) is 0 Å². The second-order valence-electron chi connectivity index (χ2n) is 1.32. The van der Waals surface area contributed by atoms with E-state index < -0.39 is 0 Å². The summed E-state index contributed by atoms with van der Waals surface area (Å²) in [5, 5.41) is 0. The monoisotopic (exact) mass is 183 g/mol. The van der Waals surface area contributed by atoms with Gasteiger partial charge in [-0.3, -0.25) is 0 Å². The first kappa shape index (κ1) is 7.10. The fraction of sp³-hybridized carbons (Fsp3) is 0.333. The SMILES string of the molecule is CC=C(C)C=[CH][Ru]. The van der Waals surface area contributed by atoms with E-state index in [0.717, 1.165) is 0 Å². The summed E-state index contributed by atoms with van der Waals surface area (Å²) in [4.78, 5) is 0. The Bertz CT molecular complexity index is 90.4. The van der Waals surface area contributed by atoms with Crippen molar-refractivity contribution in [3.05, 3.63) is 22.4 Å². The Hall–Kier alpha value is 0.103. The molecule has 0 nitrogen and oxygen atoms in total. The molecule has 41 valence electrons. The Kier molecular flexibility index (Phi) is 4.33. The first-order valence-corrected chi connectivity index (χ1v) is 3.20. The molecule has 7 heavy (non-hydrogen) atoms. The van der Waals surface area contributed by atoms with E-state index in [1.165, 1.54) is 5.57 Å². The summed E-state index contributed by atoms with van der Waals surface area (Å²) >= 11 is 2.45. The van der Waals surface area contributed by atoms with E-state index in [1.54, 1.807) is 0 Å². The Morgan fingerprint density at radius 2 is 2.14 bits per heavy atom. The van der Waals surface area contributed by atoms with Crippen molar-refractivity contribution in [3.8, 4) is 0 Å². The summed E-state index contributed by atoms with van der Waals surface area (Å²) < 4.78 is 1.97. The molecule has 0 heterocycles. The molecule has 0 radical (unpaired) electrons. The zero-order valence-electron chi connectivity index (χ0n) is 4.59. The van der Waals surface area contributed by atoms with E-state index in [0.29, 0.717) is 0 Å². The van der Waals surface area contributed by atoms with Gasteiger partial charge in [0.1, 0.15) is 0 Å². The van der Waals surface area contributed by atoms with E-state index in [2.05, 4.69) is 37.4 Å². The van der Waals surface area contributed by atoms with Crippen molar-refractivity contribution >= 4 is 0 Å². The van der Waals surface area contributed by atoms with Crippen molar-refractivity contribution < 1.29 is 18.3 Å². The predicted molar refractivity (Wildman–Crippen MR) is 28.6 cm³/mol. The van der Waals surface area contributed by atoms with E-state index in [-0.39, 0.29) is 0 Å². The minimum absolute atomic E-state index is 1.30. The molecule has 0 aromatic carbocycles. The summed E-state index contributed by atoms with van der Waals surface area (Å²) in [5.74, 6) is 0. The first-order valence-electron chi connectivity index (χ1n) is 2.19. The van der Waals surface area contributed by atoms with Crippen LogP contribution >= 0.6 is 0 Å². The second kappa shape index (κ2) is 4.27. The summed E-state index contributed by atoms with van der Waals surface area (Å²) in [5.41, 5.74) is 1.30. The number of rotatable bonds is 1. The molecule has 0 spiro atoms. The van der Waals surface area contributed by atoms with Gasteiger partial charge in [-0.2, -0.15) is 0 Å². The van der Waals surface area contributed by atoms with Gasteiger partial charge in [-0.25, -0.2) is 0 Å². The number of hydrogen-bond donors (Lipinski definition) is 0.